The standard InChI is InChI=1S/C16H27NO4/c1-20-16(19)14(12-7-4-2-3-5-8-12)15(18)17-11-13-9-6-10-21-13/h12-14H,2-11H2,1H3,(H,17,18)/t13-,14+/m1/s1. The molecule has 1 amide bonds. The van der Waals surface area contributed by atoms with Gasteiger partial charge in [-0.3, -0.25) is 9.59 Å². The van der Waals surface area contributed by atoms with Crippen LogP contribution in [0.25, 0.3) is 0 Å². The number of methoxy groups -OCH3 is 1. The van der Waals surface area contributed by atoms with Crippen LogP contribution in [0.4, 0.5) is 0 Å². The average Bonchev–Trinajstić information content (AvgIpc) is 2.88. The van der Waals surface area contributed by atoms with Crippen LogP contribution in [0.3, 0.4) is 0 Å². The molecule has 0 aromatic heterocycles. The van der Waals surface area contributed by atoms with E-state index in [4.69, 9.17) is 9.47 Å². The highest BCUT2D eigenvalue weighted by Gasteiger charge is 2.36. The summed E-state index contributed by atoms with van der Waals surface area (Å²) in [6.07, 6.45) is 8.58. The van der Waals surface area contributed by atoms with E-state index in [1.807, 2.05) is 0 Å². The van der Waals surface area contributed by atoms with E-state index < -0.39 is 11.9 Å². The molecule has 1 aliphatic heterocycles. The summed E-state index contributed by atoms with van der Waals surface area (Å²) in [5, 5.41) is 2.89. The molecule has 1 saturated heterocycles. The molecular weight excluding hydrogens is 270 g/mol. The van der Waals surface area contributed by atoms with Gasteiger partial charge in [0.1, 0.15) is 5.92 Å². The number of rotatable bonds is 5. The molecular formula is C16H27NO4. The Kier molecular flexibility index (Phi) is 6.49. The Labute approximate surface area is 126 Å². The first-order valence-electron chi connectivity index (χ1n) is 8.19. The van der Waals surface area contributed by atoms with Gasteiger partial charge in [-0.15, -0.1) is 0 Å². The summed E-state index contributed by atoms with van der Waals surface area (Å²) in [5.41, 5.74) is 0. The number of ether oxygens (including phenoxy) is 2. The molecule has 2 fully saturated rings. The zero-order valence-corrected chi connectivity index (χ0v) is 12.9. The number of carbonyl (C=O) groups excluding carboxylic acids is 2. The Morgan fingerprint density at radius 1 is 1.14 bits per heavy atom. The summed E-state index contributed by atoms with van der Waals surface area (Å²) in [6.45, 7) is 1.27. The lowest BCUT2D eigenvalue weighted by molar-refractivity contribution is -0.152. The molecule has 2 rings (SSSR count). The Balaban J connectivity index is 1.93. The van der Waals surface area contributed by atoms with Gasteiger partial charge < -0.3 is 14.8 Å². The first-order valence-corrected chi connectivity index (χ1v) is 8.19. The lowest BCUT2D eigenvalue weighted by atomic mass is 9.85. The van der Waals surface area contributed by atoms with Gasteiger partial charge in [0.2, 0.25) is 5.91 Å². The summed E-state index contributed by atoms with van der Waals surface area (Å²) in [6, 6.07) is 0. The molecule has 21 heavy (non-hydrogen) atoms. The number of hydrogen-bond donors (Lipinski definition) is 1. The second-order valence-corrected chi connectivity index (χ2v) is 6.13. The van der Waals surface area contributed by atoms with Crippen molar-refractivity contribution in [3.05, 3.63) is 0 Å². The topological polar surface area (TPSA) is 64.6 Å². The Hall–Kier alpha value is -1.10. The summed E-state index contributed by atoms with van der Waals surface area (Å²) in [4.78, 5) is 24.5. The molecule has 120 valence electrons. The highest BCUT2D eigenvalue weighted by atomic mass is 16.5. The number of nitrogens with one attached hydrogen (secondary N) is 1. The van der Waals surface area contributed by atoms with Crippen LogP contribution in [-0.2, 0) is 19.1 Å². The van der Waals surface area contributed by atoms with Gasteiger partial charge in [-0.1, -0.05) is 25.7 Å². The number of hydrogen-bond acceptors (Lipinski definition) is 4. The molecule has 0 bridgehead atoms. The molecule has 0 radical (unpaired) electrons. The monoisotopic (exact) mass is 297 g/mol. The van der Waals surface area contributed by atoms with Crippen molar-refractivity contribution in [3.63, 3.8) is 0 Å². The van der Waals surface area contributed by atoms with E-state index in [1.165, 1.54) is 20.0 Å². The second kappa shape index (κ2) is 8.37. The molecule has 1 aliphatic carbocycles. The quantitative estimate of drug-likeness (QED) is 0.479. The molecule has 0 unspecified atom stereocenters. The third kappa shape index (κ3) is 4.70. The minimum atomic E-state index is -0.658. The molecule has 5 heteroatoms. The predicted octanol–water partition coefficient (Wildman–Crippen LogP) is 2.04. The van der Waals surface area contributed by atoms with Gasteiger partial charge in [-0.25, -0.2) is 0 Å². The Morgan fingerprint density at radius 2 is 1.86 bits per heavy atom. The van der Waals surface area contributed by atoms with Crippen molar-refractivity contribution in [2.24, 2.45) is 11.8 Å². The van der Waals surface area contributed by atoms with E-state index in [-0.39, 0.29) is 17.9 Å². The van der Waals surface area contributed by atoms with E-state index in [2.05, 4.69) is 5.32 Å². The lowest BCUT2D eigenvalue weighted by Crippen LogP contribution is -2.43. The molecule has 2 atom stereocenters. The molecule has 2 aliphatic rings. The van der Waals surface area contributed by atoms with Crippen LogP contribution in [0.2, 0.25) is 0 Å². The fourth-order valence-corrected chi connectivity index (χ4v) is 3.41. The smallest absolute Gasteiger partial charge is 0.318 e. The van der Waals surface area contributed by atoms with Gasteiger partial charge in [0.05, 0.1) is 13.2 Å². The van der Waals surface area contributed by atoms with Crippen LogP contribution in [0.5, 0.6) is 0 Å². The number of amides is 1. The maximum atomic E-state index is 12.4. The van der Waals surface area contributed by atoms with E-state index in [1.54, 1.807) is 0 Å². The second-order valence-electron chi connectivity index (χ2n) is 6.13. The Bertz CT molecular complexity index is 344. The normalized spacial score (nSPS) is 25.1. The fourth-order valence-electron chi connectivity index (χ4n) is 3.41. The van der Waals surface area contributed by atoms with Gasteiger partial charge >= 0.3 is 5.97 Å². The van der Waals surface area contributed by atoms with Gasteiger partial charge in [0.25, 0.3) is 0 Å². The van der Waals surface area contributed by atoms with E-state index in [0.717, 1.165) is 45.1 Å². The highest BCUT2D eigenvalue weighted by molar-refractivity contribution is 5.98. The molecule has 1 N–H and O–H groups in total. The molecule has 1 saturated carbocycles. The van der Waals surface area contributed by atoms with E-state index >= 15 is 0 Å². The first-order chi connectivity index (χ1) is 10.2. The first kappa shape index (κ1) is 16.3. The van der Waals surface area contributed by atoms with Crippen molar-refractivity contribution in [1.29, 1.82) is 0 Å². The molecule has 0 aromatic rings. The van der Waals surface area contributed by atoms with Gasteiger partial charge in [-0.05, 0) is 31.6 Å². The average molecular weight is 297 g/mol. The lowest BCUT2D eigenvalue weighted by Gasteiger charge is -2.23. The maximum Gasteiger partial charge on any atom is 0.318 e. The largest absolute Gasteiger partial charge is 0.468 e. The highest BCUT2D eigenvalue weighted by Crippen LogP contribution is 2.30. The molecule has 0 aromatic carbocycles. The van der Waals surface area contributed by atoms with Crippen LogP contribution in [0, 0.1) is 11.8 Å². The van der Waals surface area contributed by atoms with Crippen LogP contribution in [-0.4, -0.2) is 38.2 Å². The minimum Gasteiger partial charge on any atom is -0.468 e. The predicted molar refractivity (Wildman–Crippen MR) is 78.7 cm³/mol. The number of esters is 1. The van der Waals surface area contributed by atoms with Gasteiger partial charge in [0, 0.05) is 13.2 Å². The van der Waals surface area contributed by atoms with Crippen molar-refractivity contribution >= 4 is 11.9 Å². The summed E-state index contributed by atoms with van der Waals surface area (Å²) in [5.74, 6) is -1.13. The summed E-state index contributed by atoms with van der Waals surface area (Å²) in [7, 11) is 1.36. The summed E-state index contributed by atoms with van der Waals surface area (Å²) >= 11 is 0. The molecule has 5 nitrogen and oxygen atoms in total. The van der Waals surface area contributed by atoms with Crippen molar-refractivity contribution in [2.75, 3.05) is 20.3 Å². The van der Waals surface area contributed by atoms with E-state index in [9.17, 15) is 9.59 Å². The van der Waals surface area contributed by atoms with Crippen molar-refractivity contribution in [1.82, 2.24) is 5.32 Å². The zero-order chi connectivity index (χ0) is 15.1. The van der Waals surface area contributed by atoms with Crippen LogP contribution < -0.4 is 5.32 Å². The third-order valence-electron chi connectivity index (χ3n) is 4.64. The third-order valence-corrected chi connectivity index (χ3v) is 4.64. The molecule has 1 heterocycles. The molecule has 0 spiro atoms. The van der Waals surface area contributed by atoms with Crippen LogP contribution in [0.1, 0.15) is 51.4 Å². The fraction of sp³-hybridized carbons (Fsp3) is 0.875. The van der Waals surface area contributed by atoms with Gasteiger partial charge in [0.15, 0.2) is 0 Å². The van der Waals surface area contributed by atoms with E-state index in [0.29, 0.717) is 6.54 Å². The summed E-state index contributed by atoms with van der Waals surface area (Å²) < 4.78 is 10.4. The van der Waals surface area contributed by atoms with Crippen molar-refractivity contribution < 1.29 is 19.1 Å². The minimum absolute atomic E-state index is 0.0985. The van der Waals surface area contributed by atoms with Gasteiger partial charge in [-0.2, -0.15) is 0 Å². The van der Waals surface area contributed by atoms with Crippen molar-refractivity contribution in [2.45, 2.75) is 57.5 Å². The van der Waals surface area contributed by atoms with Crippen molar-refractivity contribution in [3.8, 4) is 0 Å². The number of carbonyl (C=O) groups is 2. The van der Waals surface area contributed by atoms with Crippen LogP contribution >= 0.6 is 0 Å². The SMILES string of the molecule is COC(=O)[C@H](C(=O)NC[C@H]1CCCO1)C1CCCCCC1. The zero-order valence-electron chi connectivity index (χ0n) is 12.9. The maximum absolute atomic E-state index is 12.4. The Morgan fingerprint density at radius 3 is 2.43 bits per heavy atom. The van der Waals surface area contributed by atoms with Crippen LogP contribution in [0.15, 0.2) is 0 Å².